The molecule has 11 heteroatoms. The van der Waals surface area contributed by atoms with Gasteiger partial charge in [0.2, 0.25) is 10.0 Å². The smallest absolute Gasteiger partial charge is 0.276 e. The minimum absolute atomic E-state index is 0.0645. The molecule has 2 aromatic carbocycles. The molecule has 0 aliphatic carbocycles. The molecule has 0 atom stereocenters. The van der Waals surface area contributed by atoms with E-state index in [4.69, 9.17) is 0 Å². The third kappa shape index (κ3) is 5.52. The summed E-state index contributed by atoms with van der Waals surface area (Å²) in [7, 11) is -3.84. The monoisotopic (exact) mass is 481 g/mol. The summed E-state index contributed by atoms with van der Waals surface area (Å²) in [4.78, 5) is 25.6. The Morgan fingerprint density at radius 2 is 1.70 bits per heavy atom. The lowest BCUT2D eigenvalue weighted by molar-refractivity contribution is 0.0844. The van der Waals surface area contributed by atoms with Crippen molar-refractivity contribution in [2.75, 3.05) is 0 Å². The lowest BCUT2D eigenvalue weighted by Crippen LogP contribution is -2.41. The number of hydrogen-bond acceptors (Lipinski definition) is 6. The molecule has 4 N–H and O–H groups in total. The number of carbonyl (C=O) groups excluding carboxylic acids is 2. The summed E-state index contributed by atoms with van der Waals surface area (Å²) in [6, 6.07) is 19.9. The molecule has 33 heavy (non-hydrogen) atoms. The maximum absolute atomic E-state index is 12.6. The van der Waals surface area contributed by atoms with Crippen molar-refractivity contribution >= 4 is 33.2 Å². The Hall–Kier alpha value is -3.80. The van der Waals surface area contributed by atoms with E-state index in [2.05, 4.69) is 25.8 Å². The number of carbonyl (C=O) groups is 2. The molecule has 4 rings (SSSR count). The SMILES string of the molecule is O=C(NNC(=O)c1cc(-c2cccs2)[nH]n1)c1cccc(S(=O)(=O)NCc2ccccc2)c1. The van der Waals surface area contributed by atoms with Crippen molar-refractivity contribution in [2.24, 2.45) is 0 Å². The van der Waals surface area contributed by atoms with E-state index in [1.165, 1.54) is 35.6 Å². The van der Waals surface area contributed by atoms with Crippen molar-refractivity contribution in [2.45, 2.75) is 11.4 Å². The van der Waals surface area contributed by atoms with Crippen LogP contribution >= 0.6 is 11.3 Å². The molecule has 168 valence electrons. The zero-order chi connectivity index (χ0) is 23.3. The van der Waals surface area contributed by atoms with Crippen molar-refractivity contribution in [3.63, 3.8) is 0 Å². The van der Waals surface area contributed by atoms with E-state index in [0.29, 0.717) is 5.69 Å². The number of H-pyrrole nitrogens is 1. The Morgan fingerprint density at radius 1 is 0.909 bits per heavy atom. The molecule has 2 amide bonds. The van der Waals surface area contributed by atoms with Crippen LogP contribution in [0.2, 0.25) is 0 Å². The van der Waals surface area contributed by atoms with E-state index in [1.807, 2.05) is 35.7 Å². The first kappa shape index (κ1) is 22.4. The molecule has 4 aromatic rings. The van der Waals surface area contributed by atoms with Crippen LogP contribution in [0.15, 0.2) is 83.1 Å². The van der Waals surface area contributed by atoms with Crippen molar-refractivity contribution in [3.8, 4) is 10.6 Å². The number of aromatic nitrogens is 2. The van der Waals surface area contributed by atoms with E-state index in [0.717, 1.165) is 10.4 Å². The molecule has 2 aromatic heterocycles. The van der Waals surface area contributed by atoms with Crippen molar-refractivity contribution in [1.29, 1.82) is 0 Å². The highest BCUT2D eigenvalue weighted by Crippen LogP contribution is 2.22. The molecule has 2 heterocycles. The molecule has 0 bridgehead atoms. The van der Waals surface area contributed by atoms with Crippen molar-refractivity contribution in [1.82, 2.24) is 25.8 Å². The summed E-state index contributed by atoms with van der Waals surface area (Å²) in [6.45, 7) is 0.118. The van der Waals surface area contributed by atoms with Gasteiger partial charge < -0.3 is 0 Å². The molecule has 0 saturated carbocycles. The van der Waals surface area contributed by atoms with E-state index < -0.39 is 21.8 Å². The third-order valence-electron chi connectivity index (χ3n) is 4.60. The summed E-state index contributed by atoms with van der Waals surface area (Å²) in [5, 5.41) is 8.62. The highest BCUT2D eigenvalue weighted by molar-refractivity contribution is 7.89. The molecule has 0 saturated heterocycles. The van der Waals surface area contributed by atoms with Crippen LogP contribution < -0.4 is 15.6 Å². The van der Waals surface area contributed by atoms with E-state index in [-0.39, 0.29) is 22.7 Å². The van der Waals surface area contributed by atoms with Crippen LogP contribution in [0, 0.1) is 0 Å². The number of hydrogen-bond donors (Lipinski definition) is 4. The number of nitrogens with one attached hydrogen (secondary N) is 4. The summed E-state index contributed by atoms with van der Waals surface area (Å²) in [5.74, 6) is -1.28. The van der Waals surface area contributed by atoms with Gasteiger partial charge in [-0.25, -0.2) is 13.1 Å². The molecular weight excluding hydrogens is 462 g/mol. The van der Waals surface area contributed by atoms with Gasteiger partial charge in [-0.15, -0.1) is 11.3 Å². The molecule has 0 fully saturated rings. The van der Waals surface area contributed by atoms with Gasteiger partial charge in [-0.1, -0.05) is 42.5 Å². The average molecular weight is 482 g/mol. The van der Waals surface area contributed by atoms with Gasteiger partial charge in [0.1, 0.15) is 0 Å². The maximum Gasteiger partial charge on any atom is 0.290 e. The van der Waals surface area contributed by atoms with Gasteiger partial charge >= 0.3 is 0 Å². The second-order valence-corrected chi connectivity index (χ2v) is 9.61. The molecule has 0 spiro atoms. The number of aromatic amines is 1. The zero-order valence-electron chi connectivity index (χ0n) is 17.1. The first-order valence-electron chi connectivity index (χ1n) is 9.76. The fourth-order valence-electron chi connectivity index (χ4n) is 2.91. The van der Waals surface area contributed by atoms with Gasteiger partial charge in [-0.05, 0) is 41.3 Å². The summed E-state index contributed by atoms with van der Waals surface area (Å²) in [6.07, 6.45) is 0. The van der Waals surface area contributed by atoms with Crippen LogP contribution in [-0.2, 0) is 16.6 Å². The quantitative estimate of drug-likeness (QED) is 0.301. The fraction of sp³-hybridized carbons (Fsp3) is 0.0455. The Bertz CT molecular complexity index is 1370. The maximum atomic E-state index is 12.6. The molecular formula is C22H19N5O4S2. The number of thiophene rings is 1. The molecule has 0 aliphatic rings. The summed E-state index contributed by atoms with van der Waals surface area (Å²) >= 11 is 1.50. The molecule has 9 nitrogen and oxygen atoms in total. The van der Waals surface area contributed by atoms with Crippen LogP contribution in [0.3, 0.4) is 0 Å². The van der Waals surface area contributed by atoms with E-state index in [1.54, 1.807) is 18.2 Å². The third-order valence-corrected chi connectivity index (χ3v) is 6.90. The second kappa shape index (κ2) is 9.77. The number of hydrazine groups is 1. The first-order valence-corrected chi connectivity index (χ1v) is 12.1. The number of nitrogens with zero attached hydrogens (tertiary/aromatic N) is 1. The number of benzene rings is 2. The Balaban J connectivity index is 1.37. The van der Waals surface area contributed by atoms with Crippen molar-refractivity contribution < 1.29 is 18.0 Å². The van der Waals surface area contributed by atoms with Crippen LogP contribution in [0.25, 0.3) is 10.6 Å². The first-order chi connectivity index (χ1) is 15.9. The minimum atomic E-state index is -3.84. The van der Waals surface area contributed by atoms with Crippen LogP contribution in [0.1, 0.15) is 26.4 Å². The molecule has 0 unspecified atom stereocenters. The predicted octanol–water partition coefficient (Wildman–Crippen LogP) is 2.69. The van der Waals surface area contributed by atoms with Gasteiger partial charge in [-0.2, -0.15) is 5.10 Å². The van der Waals surface area contributed by atoms with Crippen LogP contribution in [0.5, 0.6) is 0 Å². The highest BCUT2D eigenvalue weighted by Gasteiger charge is 2.17. The van der Waals surface area contributed by atoms with E-state index >= 15 is 0 Å². The number of rotatable bonds is 7. The van der Waals surface area contributed by atoms with Gasteiger partial charge in [-0.3, -0.25) is 25.5 Å². The Morgan fingerprint density at radius 3 is 2.45 bits per heavy atom. The second-order valence-electron chi connectivity index (χ2n) is 6.89. The standard InChI is InChI=1S/C22H19N5O4S2/c28-21(26-27-22(29)19-13-18(24-25-19)20-10-5-11-32-20)16-8-4-9-17(12-16)33(30,31)23-14-15-6-2-1-3-7-15/h1-13,23H,14H2,(H,24,25)(H,26,28)(H,27,29). The summed E-state index contributed by atoms with van der Waals surface area (Å²) in [5.41, 5.74) is 6.20. The average Bonchev–Trinajstić information content (AvgIpc) is 3.54. The molecule has 0 radical (unpaired) electrons. The summed E-state index contributed by atoms with van der Waals surface area (Å²) < 4.78 is 27.7. The zero-order valence-corrected chi connectivity index (χ0v) is 18.7. The van der Waals surface area contributed by atoms with Gasteiger partial charge in [0.25, 0.3) is 11.8 Å². The minimum Gasteiger partial charge on any atom is -0.276 e. The van der Waals surface area contributed by atoms with Gasteiger partial charge in [0.05, 0.1) is 15.5 Å². The van der Waals surface area contributed by atoms with Gasteiger partial charge in [0.15, 0.2) is 5.69 Å². The number of sulfonamides is 1. The highest BCUT2D eigenvalue weighted by atomic mass is 32.2. The van der Waals surface area contributed by atoms with E-state index in [9.17, 15) is 18.0 Å². The fourth-order valence-corrected chi connectivity index (χ4v) is 4.66. The largest absolute Gasteiger partial charge is 0.290 e. The van der Waals surface area contributed by atoms with Crippen LogP contribution in [-0.4, -0.2) is 30.4 Å². The predicted molar refractivity (Wildman–Crippen MR) is 124 cm³/mol. The Kier molecular flexibility index (Phi) is 6.63. The van der Waals surface area contributed by atoms with Crippen molar-refractivity contribution in [3.05, 3.63) is 95.0 Å². The molecule has 0 aliphatic heterocycles. The normalized spacial score (nSPS) is 11.2. The Labute approximate surface area is 193 Å². The topological polar surface area (TPSA) is 133 Å². The lowest BCUT2D eigenvalue weighted by Gasteiger charge is -2.09. The van der Waals surface area contributed by atoms with Crippen LogP contribution in [0.4, 0.5) is 0 Å². The number of amides is 2. The van der Waals surface area contributed by atoms with Gasteiger partial charge in [0, 0.05) is 12.1 Å². The lowest BCUT2D eigenvalue weighted by atomic mass is 10.2.